The van der Waals surface area contributed by atoms with Crippen molar-refractivity contribution >= 4 is 11.6 Å². The van der Waals surface area contributed by atoms with Crippen molar-refractivity contribution in [2.45, 2.75) is 6.92 Å². The van der Waals surface area contributed by atoms with Crippen molar-refractivity contribution in [3.05, 3.63) is 40.9 Å². The number of nitrogens with zero attached hydrogens (tertiary/aromatic N) is 1. The van der Waals surface area contributed by atoms with Crippen LogP contribution < -0.4 is 4.74 Å². The Labute approximate surface area is 86.2 Å². The molecular formula is C10H6ClFNO. The average Bonchev–Trinajstić information content (AvgIpc) is 2.20. The van der Waals surface area contributed by atoms with E-state index in [4.69, 9.17) is 21.6 Å². The zero-order valence-electron chi connectivity index (χ0n) is 7.34. The Morgan fingerprint density at radius 2 is 2.50 bits per heavy atom. The highest BCUT2D eigenvalue weighted by atomic mass is 35.5. The number of rotatable bonds is 2. The minimum atomic E-state index is -0.596. The summed E-state index contributed by atoms with van der Waals surface area (Å²) in [6.07, 6.45) is 0. The molecule has 0 aliphatic rings. The number of hydrogen-bond donors (Lipinski definition) is 0. The van der Waals surface area contributed by atoms with E-state index in [-0.39, 0.29) is 11.3 Å². The Kier molecular flexibility index (Phi) is 3.49. The van der Waals surface area contributed by atoms with Gasteiger partial charge in [-0.25, -0.2) is 4.39 Å². The Hall–Kier alpha value is -1.53. The Morgan fingerprint density at radius 1 is 1.79 bits per heavy atom. The number of ether oxygens (including phenoxy) is 1. The van der Waals surface area contributed by atoms with Crippen molar-refractivity contribution in [2.24, 2.45) is 0 Å². The maximum atomic E-state index is 12.7. The van der Waals surface area contributed by atoms with Gasteiger partial charge in [0.15, 0.2) is 0 Å². The van der Waals surface area contributed by atoms with E-state index in [1.165, 1.54) is 11.6 Å². The fourth-order valence-corrected chi connectivity index (χ4v) is 0.864. The van der Waals surface area contributed by atoms with E-state index in [9.17, 15) is 4.39 Å². The van der Waals surface area contributed by atoms with Gasteiger partial charge in [-0.2, -0.15) is 5.26 Å². The first kappa shape index (κ1) is 10.6. The molecule has 0 heterocycles. The fraction of sp³-hybridized carbons (Fsp3) is 0.100. The molecule has 1 radical (unpaired) electrons. The summed E-state index contributed by atoms with van der Waals surface area (Å²) in [5.74, 6) is 0.0629. The molecule has 14 heavy (non-hydrogen) atoms. The van der Waals surface area contributed by atoms with Gasteiger partial charge in [-0.05, 0) is 19.1 Å². The topological polar surface area (TPSA) is 33.0 Å². The van der Waals surface area contributed by atoms with E-state index >= 15 is 0 Å². The minimum absolute atomic E-state index is 0.110. The van der Waals surface area contributed by atoms with Gasteiger partial charge in [0.2, 0.25) is 0 Å². The van der Waals surface area contributed by atoms with E-state index in [0.29, 0.717) is 5.76 Å². The lowest BCUT2D eigenvalue weighted by molar-refractivity contribution is 0.426. The minimum Gasteiger partial charge on any atom is -0.460 e. The van der Waals surface area contributed by atoms with Crippen LogP contribution in [0.1, 0.15) is 12.5 Å². The molecule has 4 heteroatoms. The molecule has 0 spiro atoms. The smallest absolute Gasteiger partial charge is 0.145 e. The highest BCUT2D eigenvalue weighted by Crippen LogP contribution is 2.20. The summed E-state index contributed by atoms with van der Waals surface area (Å²) in [6, 6.07) is 6.42. The van der Waals surface area contributed by atoms with Gasteiger partial charge in [0.1, 0.15) is 23.4 Å². The maximum Gasteiger partial charge on any atom is 0.145 e. The van der Waals surface area contributed by atoms with Crippen molar-refractivity contribution < 1.29 is 9.13 Å². The highest BCUT2D eigenvalue weighted by Gasteiger charge is 2.05. The molecule has 71 valence electrons. The van der Waals surface area contributed by atoms with Gasteiger partial charge in [0, 0.05) is 11.6 Å². The molecule has 0 saturated carbocycles. The van der Waals surface area contributed by atoms with Crippen molar-refractivity contribution in [2.75, 3.05) is 0 Å². The average molecular weight is 211 g/mol. The predicted octanol–water partition coefficient (Wildman–Crippen LogP) is 2.98. The third-order valence-electron chi connectivity index (χ3n) is 1.42. The zero-order valence-corrected chi connectivity index (χ0v) is 8.10. The highest BCUT2D eigenvalue weighted by molar-refractivity contribution is 6.25. The molecule has 1 aromatic carbocycles. The first-order valence-electron chi connectivity index (χ1n) is 3.73. The third kappa shape index (κ3) is 2.48. The summed E-state index contributed by atoms with van der Waals surface area (Å²) in [7, 11) is 0. The van der Waals surface area contributed by atoms with Gasteiger partial charge in [-0.3, -0.25) is 0 Å². The van der Waals surface area contributed by atoms with Crippen molar-refractivity contribution in [1.29, 1.82) is 5.26 Å². The summed E-state index contributed by atoms with van der Waals surface area (Å²) in [6.45, 7) is 1.62. The molecule has 0 aliphatic carbocycles. The molecule has 0 bridgehead atoms. The van der Waals surface area contributed by atoms with Crippen LogP contribution in [0.4, 0.5) is 4.39 Å². The molecule has 0 fully saturated rings. The Bertz CT molecular complexity index is 409. The van der Waals surface area contributed by atoms with Crippen LogP contribution >= 0.6 is 11.6 Å². The van der Waals surface area contributed by atoms with Crippen LogP contribution in [0, 0.1) is 23.2 Å². The number of allylic oxidation sites excluding steroid dienone is 1. The molecule has 1 aromatic rings. The van der Waals surface area contributed by atoms with E-state index in [2.05, 4.69) is 6.07 Å². The first-order valence-corrected chi connectivity index (χ1v) is 4.17. The summed E-state index contributed by atoms with van der Waals surface area (Å²) < 4.78 is 17.8. The van der Waals surface area contributed by atoms with Crippen LogP contribution in [0.15, 0.2) is 23.4 Å². The van der Waals surface area contributed by atoms with Crippen molar-refractivity contribution in [3.63, 3.8) is 0 Å². The van der Waals surface area contributed by atoms with Crippen LogP contribution in [0.3, 0.4) is 0 Å². The van der Waals surface area contributed by atoms with Gasteiger partial charge in [0.05, 0.1) is 5.56 Å². The molecule has 1 rings (SSSR count). The number of nitriles is 1. The van der Waals surface area contributed by atoms with Crippen LogP contribution in [0.25, 0.3) is 0 Å². The van der Waals surface area contributed by atoms with Crippen LogP contribution in [-0.4, -0.2) is 0 Å². The number of benzene rings is 1. The molecule has 0 atom stereocenters. The van der Waals surface area contributed by atoms with Gasteiger partial charge in [-0.15, -0.1) is 0 Å². The molecule has 0 saturated heterocycles. The second kappa shape index (κ2) is 4.64. The second-order valence-corrected chi connectivity index (χ2v) is 2.71. The summed E-state index contributed by atoms with van der Waals surface area (Å²) in [5, 5.41) is 8.67. The summed E-state index contributed by atoms with van der Waals surface area (Å²) in [5.41, 5.74) is 1.34. The number of halogens is 2. The molecule has 0 aromatic heterocycles. The largest absolute Gasteiger partial charge is 0.460 e. The van der Waals surface area contributed by atoms with Crippen molar-refractivity contribution in [1.82, 2.24) is 0 Å². The maximum absolute atomic E-state index is 12.7. The summed E-state index contributed by atoms with van der Waals surface area (Å²) >= 11 is 5.37. The quantitative estimate of drug-likeness (QED) is 0.703. The lowest BCUT2D eigenvalue weighted by Crippen LogP contribution is -1.93. The molecule has 0 aliphatic heterocycles. The fourth-order valence-electron chi connectivity index (χ4n) is 0.819. The van der Waals surface area contributed by atoms with Gasteiger partial charge in [0.25, 0.3) is 0 Å². The normalized spacial score (nSPS) is 10.9. The zero-order chi connectivity index (χ0) is 10.6. The van der Waals surface area contributed by atoms with Gasteiger partial charge >= 0.3 is 0 Å². The van der Waals surface area contributed by atoms with Crippen LogP contribution in [0.5, 0.6) is 5.75 Å². The Morgan fingerprint density at radius 3 is 3.07 bits per heavy atom. The summed E-state index contributed by atoms with van der Waals surface area (Å²) in [4.78, 5) is 0. The van der Waals surface area contributed by atoms with E-state index in [0.717, 1.165) is 6.07 Å². The van der Waals surface area contributed by atoms with Gasteiger partial charge in [-0.1, -0.05) is 11.6 Å². The van der Waals surface area contributed by atoms with Crippen molar-refractivity contribution in [3.8, 4) is 11.8 Å². The third-order valence-corrected chi connectivity index (χ3v) is 1.73. The lowest BCUT2D eigenvalue weighted by Gasteiger charge is -2.05. The van der Waals surface area contributed by atoms with E-state index < -0.39 is 5.82 Å². The SMILES string of the molecule is CC(=CCl)Oc1c[c]c(F)cc1C#N. The molecule has 0 amide bonds. The molecule has 2 nitrogen and oxygen atoms in total. The number of hydrogen-bond acceptors (Lipinski definition) is 2. The predicted molar refractivity (Wildman–Crippen MR) is 50.2 cm³/mol. The molecular weight excluding hydrogens is 205 g/mol. The Balaban J connectivity index is 3.04. The standard InChI is InChI=1S/C10H6ClFNO/c1-7(5-11)14-10-3-2-9(12)4-8(10)6-13/h3-5H,1H3. The van der Waals surface area contributed by atoms with Crippen LogP contribution in [-0.2, 0) is 0 Å². The molecule has 0 N–H and O–H groups in total. The first-order chi connectivity index (χ1) is 6.67. The van der Waals surface area contributed by atoms with E-state index in [1.54, 1.807) is 6.92 Å². The van der Waals surface area contributed by atoms with Crippen LogP contribution in [0.2, 0.25) is 0 Å². The second-order valence-electron chi connectivity index (χ2n) is 2.49. The van der Waals surface area contributed by atoms with Gasteiger partial charge < -0.3 is 4.74 Å². The molecule has 0 unspecified atom stereocenters. The van der Waals surface area contributed by atoms with E-state index in [1.807, 2.05) is 6.07 Å². The monoisotopic (exact) mass is 210 g/mol. The lowest BCUT2D eigenvalue weighted by atomic mass is 10.2.